The van der Waals surface area contributed by atoms with E-state index in [1.165, 1.54) is 29.4 Å². The van der Waals surface area contributed by atoms with Crippen molar-refractivity contribution in [3.8, 4) is 0 Å². The maximum Gasteiger partial charge on any atom is 0.232 e. The number of benzene rings is 1. The predicted octanol–water partition coefficient (Wildman–Crippen LogP) is 0.00890. The van der Waals surface area contributed by atoms with Gasteiger partial charge in [0.15, 0.2) is 17.0 Å². The second kappa shape index (κ2) is 7.40. The van der Waals surface area contributed by atoms with Crippen molar-refractivity contribution in [3.05, 3.63) is 46.1 Å². The van der Waals surface area contributed by atoms with Gasteiger partial charge in [-0.25, -0.2) is 19.6 Å². The molecule has 2 aromatic heterocycles. The molecule has 0 spiro atoms. The summed E-state index contributed by atoms with van der Waals surface area (Å²) >= 11 is 2.26. The third-order valence-electron chi connectivity index (χ3n) is 4.77. The lowest BCUT2D eigenvalue weighted by atomic mass is 10.1. The van der Waals surface area contributed by atoms with Crippen molar-refractivity contribution in [1.82, 2.24) is 19.6 Å². The van der Waals surface area contributed by atoms with Crippen LogP contribution in [0, 0.1) is 3.57 Å². The molecule has 4 N–H and O–H groups in total. The number of rotatable bonds is 5. The van der Waals surface area contributed by atoms with Gasteiger partial charge in [-0.15, -0.1) is 0 Å². The highest BCUT2D eigenvalue weighted by Crippen LogP contribution is 2.28. The van der Waals surface area contributed by atoms with E-state index in [-0.39, 0.29) is 6.61 Å². The summed E-state index contributed by atoms with van der Waals surface area (Å²) in [6.45, 7) is 0.368. The van der Waals surface area contributed by atoms with Crippen LogP contribution < -0.4 is 10.3 Å². The summed E-state index contributed by atoms with van der Waals surface area (Å²) in [5.41, 5.74) is -0.0416. The van der Waals surface area contributed by atoms with Crippen LogP contribution in [0.1, 0.15) is 5.56 Å². The summed E-state index contributed by atoms with van der Waals surface area (Å²) in [6.07, 6.45) is -0.0611. The minimum Gasteiger partial charge on any atom is -0.385 e. The van der Waals surface area contributed by atoms with Crippen molar-refractivity contribution in [2.75, 3.05) is 24.0 Å². The molecule has 1 aliphatic heterocycles. The number of aromatic nitrogens is 4. The Labute approximate surface area is 173 Å². The molecule has 28 heavy (non-hydrogen) atoms. The van der Waals surface area contributed by atoms with Crippen molar-refractivity contribution >= 4 is 39.6 Å². The van der Waals surface area contributed by atoms with Crippen LogP contribution in [0.4, 0.5) is 5.82 Å². The Kier molecular flexibility index (Phi) is 5.09. The van der Waals surface area contributed by atoms with Crippen molar-refractivity contribution in [2.45, 2.75) is 24.7 Å². The van der Waals surface area contributed by atoms with Crippen molar-refractivity contribution in [3.63, 3.8) is 0 Å². The normalized spacial score (nSPS) is 24.6. The van der Waals surface area contributed by atoms with Crippen LogP contribution in [0.15, 0.2) is 36.9 Å². The number of hydrogen-bond donors (Lipinski definition) is 4. The van der Waals surface area contributed by atoms with E-state index >= 15 is 0 Å². The number of anilines is 1. The lowest BCUT2D eigenvalue weighted by Crippen LogP contribution is -2.63. The number of nitrogens with zero attached hydrogens (tertiary/aromatic N) is 5. The molecular formula is C17H19IN6O4. The van der Waals surface area contributed by atoms with Gasteiger partial charge in [-0.2, -0.15) is 0 Å². The van der Waals surface area contributed by atoms with Gasteiger partial charge in [-0.1, -0.05) is 12.1 Å². The number of hydrogen-bond acceptors (Lipinski definition) is 9. The zero-order valence-electron chi connectivity index (χ0n) is 14.9. The summed E-state index contributed by atoms with van der Waals surface area (Å²) in [4.78, 5) is 12.8. The van der Waals surface area contributed by atoms with E-state index in [1.807, 2.05) is 18.2 Å². The highest BCUT2D eigenvalue weighted by molar-refractivity contribution is 14.1. The molecule has 3 heterocycles. The molecule has 1 saturated heterocycles. The zero-order chi connectivity index (χ0) is 19.9. The lowest BCUT2D eigenvalue weighted by Gasteiger charge is -2.38. The Bertz CT molecular complexity index is 989. The van der Waals surface area contributed by atoms with E-state index in [0.717, 1.165) is 9.13 Å². The van der Waals surface area contributed by atoms with E-state index < -0.39 is 18.1 Å². The number of nitrogens with one attached hydrogen (secondary N) is 1. The molecule has 0 aliphatic carbocycles. The Morgan fingerprint density at radius 1 is 1.36 bits per heavy atom. The number of likely N-dealkylation sites (N-methyl/N-ethyl adjacent to an activating group) is 1. The topological polar surface area (TPSA) is 129 Å². The largest absolute Gasteiger partial charge is 0.385 e. The highest BCUT2D eigenvalue weighted by Gasteiger charge is 2.53. The number of fused-ring (bicyclic) bond motifs is 1. The first-order valence-corrected chi connectivity index (χ1v) is 9.59. The van der Waals surface area contributed by atoms with Gasteiger partial charge in [-0.05, 0) is 40.3 Å². The van der Waals surface area contributed by atoms with Crippen LogP contribution >= 0.6 is 22.6 Å². The highest BCUT2D eigenvalue weighted by atomic mass is 127. The van der Waals surface area contributed by atoms with E-state index in [9.17, 15) is 15.3 Å². The molecule has 1 fully saturated rings. The van der Waals surface area contributed by atoms with Gasteiger partial charge in [0.05, 0.1) is 6.61 Å². The van der Waals surface area contributed by atoms with Crippen LogP contribution in [0.3, 0.4) is 0 Å². The first-order chi connectivity index (χ1) is 13.4. The van der Waals surface area contributed by atoms with Gasteiger partial charge in [0.25, 0.3) is 0 Å². The molecule has 0 amide bonds. The smallest absolute Gasteiger partial charge is 0.232 e. The van der Waals surface area contributed by atoms with Gasteiger partial charge in [-0.3, -0.25) is 5.01 Å². The summed E-state index contributed by atoms with van der Waals surface area (Å²) in [7, 11) is 1.50. The standard InChI is InChI=1S/C17H19IN6O4/c1-23(17(27)12(25)7-28-16(17)26)24-9-22-13-14(20-8-21-15(13)24)19-6-10-3-2-4-11(18)5-10/h2-5,8-9,12,16,25-27H,6-7H2,1H3,(H,19,20,21)/t12-,16+,17+/m1/s1. The quantitative estimate of drug-likeness (QED) is 0.284. The molecule has 1 aliphatic rings. The second-order valence-electron chi connectivity index (χ2n) is 6.48. The molecular weight excluding hydrogens is 479 g/mol. The van der Waals surface area contributed by atoms with Gasteiger partial charge >= 0.3 is 0 Å². The molecule has 11 heteroatoms. The van der Waals surface area contributed by atoms with Gasteiger partial charge in [0.2, 0.25) is 12.0 Å². The van der Waals surface area contributed by atoms with E-state index in [4.69, 9.17) is 4.74 Å². The molecule has 3 aromatic rings. The predicted molar refractivity (Wildman–Crippen MR) is 109 cm³/mol. The number of halogens is 1. The van der Waals surface area contributed by atoms with Crippen LogP contribution in [0.2, 0.25) is 0 Å². The Balaban J connectivity index is 1.63. The van der Waals surface area contributed by atoms with E-state index in [1.54, 1.807) is 0 Å². The fourth-order valence-corrected chi connectivity index (χ4v) is 3.75. The minimum atomic E-state index is -2.03. The summed E-state index contributed by atoms with van der Waals surface area (Å²) < 4.78 is 7.55. The molecule has 3 atom stereocenters. The average Bonchev–Trinajstić information content (AvgIpc) is 3.23. The average molecular weight is 498 g/mol. The van der Waals surface area contributed by atoms with Crippen LogP contribution in [-0.2, 0) is 11.3 Å². The third kappa shape index (κ3) is 3.18. The molecule has 4 rings (SSSR count). The summed E-state index contributed by atoms with van der Waals surface area (Å²) in [5.74, 6) is 0.534. The second-order valence-corrected chi connectivity index (χ2v) is 7.72. The van der Waals surface area contributed by atoms with E-state index in [0.29, 0.717) is 23.5 Å². The first kappa shape index (κ1) is 19.3. The molecule has 0 unspecified atom stereocenters. The molecule has 148 valence electrons. The van der Waals surface area contributed by atoms with Crippen molar-refractivity contribution in [1.29, 1.82) is 0 Å². The Morgan fingerprint density at radius 3 is 2.89 bits per heavy atom. The molecule has 1 aromatic carbocycles. The molecule has 0 saturated carbocycles. The lowest BCUT2D eigenvalue weighted by molar-refractivity contribution is -0.177. The number of ether oxygens (including phenoxy) is 1. The molecule has 0 bridgehead atoms. The minimum absolute atomic E-state index is 0.188. The van der Waals surface area contributed by atoms with Crippen LogP contribution in [-0.4, -0.2) is 66.7 Å². The van der Waals surface area contributed by atoms with Crippen molar-refractivity contribution in [2.24, 2.45) is 0 Å². The SMILES string of the molecule is CN(n1cnc2c(NCc3cccc(I)c3)ncnc21)[C@]1(O)[C@H](O)CO[C@@H]1O. The van der Waals surface area contributed by atoms with Gasteiger partial charge in [0, 0.05) is 17.2 Å². The number of imidazole rings is 1. The first-order valence-electron chi connectivity index (χ1n) is 8.52. The summed E-state index contributed by atoms with van der Waals surface area (Å²) in [6, 6.07) is 8.08. The van der Waals surface area contributed by atoms with Gasteiger partial charge in [0.1, 0.15) is 18.8 Å². The summed E-state index contributed by atoms with van der Waals surface area (Å²) in [5, 5.41) is 35.3. The monoisotopic (exact) mass is 498 g/mol. The zero-order valence-corrected chi connectivity index (χ0v) is 17.1. The van der Waals surface area contributed by atoms with Crippen molar-refractivity contribution < 1.29 is 20.1 Å². The fourth-order valence-electron chi connectivity index (χ4n) is 3.14. The number of aliphatic hydroxyl groups is 3. The van der Waals surface area contributed by atoms with E-state index in [2.05, 4.69) is 48.9 Å². The Hall–Kier alpha value is -2.06. The fraction of sp³-hybridized carbons (Fsp3) is 0.353. The van der Waals surface area contributed by atoms with Gasteiger partial charge < -0.3 is 25.4 Å². The number of aliphatic hydroxyl groups excluding tert-OH is 2. The van der Waals surface area contributed by atoms with Crippen LogP contribution in [0.5, 0.6) is 0 Å². The molecule has 0 radical (unpaired) electrons. The molecule has 10 nitrogen and oxygen atoms in total. The Morgan fingerprint density at radius 2 is 2.18 bits per heavy atom. The third-order valence-corrected chi connectivity index (χ3v) is 5.44. The maximum absolute atomic E-state index is 10.8. The van der Waals surface area contributed by atoms with Crippen LogP contribution in [0.25, 0.3) is 11.2 Å². The maximum atomic E-state index is 10.8.